The molecule has 5 rings (SSSR count). The molecule has 3 aliphatic rings. The van der Waals surface area contributed by atoms with Gasteiger partial charge in [-0.05, 0) is 76.5 Å². The lowest BCUT2D eigenvalue weighted by Crippen LogP contribution is -2.45. The van der Waals surface area contributed by atoms with Gasteiger partial charge in [0.15, 0.2) is 6.23 Å². The molecule has 1 aromatic carbocycles. The van der Waals surface area contributed by atoms with E-state index in [4.69, 9.17) is 10.5 Å². The fourth-order valence-electron chi connectivity index (χ4n) is 6.40. The molecular formula is C30H39F3N8O4. The summed E-state index contributed by atoms with van der Waals surface area (Å²) in [6.07, 6.45) is -1.39. The molecule has 0 radical (unpaired) electrons. The first-order chi connectivity index (χ1) is 21.4. The van der Waals surface area contributed by atoms with Crippen molar-refractivity contribution in [3.05, 3.63) is 41.6 Å². The van der Waals surface area contributed by atoms with E-state index in [0.717, 1.165) is 25.9 Å². The number of benzene rings is 1. The third kappa shape index (κ3) is 7.57. The Morgan fingerprint density at radius 2 is 1.73 bits per heavy atom. The number of ether oxygens (including phenoxy) is 1. The third-order valence-corrected chi connectivity index (χ3v) is 8.93. The summed E-state index contributed by atoms with van der Waals surface area (Å²) in [5.74, 6) is -1.56. The molecule has 2 aromatic rings. The van der Waals surface area contributed by atoms with Crippen LogP contribution in [0.4, 0.5) is 35.4 Å². The van der Waals surface area contributed by atoms with Crippen molar-refractivity contribution in [2.24, 2.45) is 11.7 Å². The zero-order valence-electron chi connectivity index (χ0n) is 25.3. The van der Waals surface area contributed by atoms with Gasteiger partial charge in [-0.1, -0.05) is 6.42 Å². The Labute approximate surface area is 259 Å². The number of nitrogens with zero attached hydrogens (tertiary/aromatic N) is 5. The number of alkyl halides is 3. The van der Waals surface area contributed by atoms with E-state index in [1.165, 1.54) is 4.90 Å². The smallest absolute Gasteiger partial charge is 0.421 e. The maximum absolute atomic E-state index is 14.0. The maximum Gasteiger partial charge on any atom is 0.421 e. The molecule has 2 aliphatic heterocycles. The first-order valence-electron chi connectivity index (χ1n) is 15.2. The van der Waals surface area contributed by atoms with Gasteiger partial charge in [0.1, 0.15) is 11.4 Å². The highest BCUT2D eigenvalue weighted by Crippen LogP contribution is 2.38. The van der Waals surface area contributed by atoms with Crippen LogP contribution >= 0.6 is 0 Å². The van der Waals surface area contributed by atoms with Crippen LogP contribution in [0.2, 0.25) is 0 Å². The number of nitrogens with two attached hydrogens (primary N) is 1. The Kier molecular flexibility index (Phi) is 9.65. The number of carbonyl (C=O) groups excluding carboxylic acids is 3. The van der Waals surface area contributed by atoms with Gasteiger partial charge in [-0.25, -0.2) is 9.78 Å². The molecular weight excluding hydrogens is 593 g/mol. The lowest BCUT2D eigenvalue weighted by molar-refractivity contribution is -0.142. The predicted octanol–water partition coefficient (Wildman–Crippen LogP) is 4.03. The van der Waals surface area contributed by atoms with Crippen molar-refractivity contribution in [2.75, 3.05) is 44.4 Å². The normalized spacial score (nSPS) is 22.7. The van der Waals surface area contributed by atoms with Crippen LogP contribution in [0.15, 0.2) is 30.5 Å². The highest BCUT2D eigenvalue weighted by molar-refractivity contribution is 5.94. The number of hydrogen-bond donors (Lipinski definition) is 3. The lowest BCUT2D eigenvalue weighted by atomic mass is 10.0. The molecule has 0 bridgehead atoms. The van der Waals surface area contributed by atoms with Gasteiger partial charge in [-0.3, -0.25) is 9.59 Å². The SMILES string of the molecule is CN1CCC(N(C)C(=O)c2ccc(Nc3ncc(C(F)(F)F)c(N[C@@H]4CCC[C@@H]4C(=O)N4CCC[C@@H]4OC(N)=O)n3)cc2)CC1. The fraction of sp³-hybridized carbons (Fsp3) is 0.567. The van der Waals surface area contributed by atoms with Gasteiger partial charge >= 0.3 is 12.3 Å². The summed E-state index contributed by atoms with van der Waals surface area (Å²) in [6.45, 7) is 2.23. The topological polar surface area (TPSA) is 146 Å². The van der Waals surface area contributed by atoms with Gasteiger partial charge in [0.25, 0.3) is 5.91 Å². The summed E-state index contributed by atoms with van der Waals surface area (Å²) in [5.41, 5.74) is 5.08. The molecule has 244 valence electrons. The average molecular weight is 633 g/mol. The molecule has 0 unspecified atom stereocenters. The molecule has 2 saturated heterocycles. The van der Waals surface area contributed by atoms with Gasteiger partial charge < -0.3 is 35.8 Å². The van der Waals surface area contributed by atoms with Gasteiger partial charge in [-0.2, -0.15) is 18.2 Å². The van der Waals surface area contributed by atoms with Crippen molar-refractivity contribution in [1.82, 2.24) is 24.7 Å². The zero-order valence-corrected chi connectivity index (χ0v) is 25.3. The van der Waals surface area contributed by atoms with E-state index in [0.29, 0.717) is 56.1 Å². The first kappa shape index (κ1) is 32.3. The van der Waals surface area contributed by atoms with Crippen LogP contribution in [-0.2, 0) is 15.7 Å². The number of hydrogen-bond acceptors (Lipinski definition) is 9. The van der Waals surface area contributed by atoms with E-state index in [1.54, 1.807) is 36.2 Å². The van der Waals surface area contributed by atoms with Crippen molar-refractivity contribution >= 4 is 35.4 Å². The van der Waals surface area contributed by atoms with Gasteiger partial charge in [0.05, 0.1) is 5.92 Å². The Balaban J connectivity index is 1.28. The number of nitrogens with one attached hydrogen (secondary N) is 2. The number of anilines is 3. The van der Waals surface area contributed by atoms with Crippen LogP contribution in [0.3, 0.4) is 0 Å². The number of aromatic nitrogens is 2. The molecule has 1 aromatic heterocycles. The first-order valence-corrected chi connectivity index (χ1v) is 15.2. The summed E-state index contributed by atoms with van der Waals surface area (Å²) in [6, 6.07) is 6.14. The summed E-state index contributed by atoms with van der Waals surface area (Å²) in [4.78, 5) is 51.2. The van der Waals surface area contributed by atoms with Crippen molar-refractivity contribution < 1.29 is 32.3 Å². The lowest BCUT2D eigenvalue weighted by Gasteiger charge is -2.35. The number of rotatable bonds is 8. The predicted molar refractivity (Wildman–Crippen MR) is 160 cm³/mol. The molecule has 1 saturated carbocycles. The monoisotopic (exact) mass is 632 g/mol. The fourth-order valence-corrected chi connectivity index (χ4v) is 6.40. The van der Waals surface area contributed by atoms with Crippen molar-refractivity contribution in [3.8, 4) is 0 Å². The van der Waals surface area contributed by atoms with Crippen molar-refractivity contribution in [3.63, 3.8) is 0 Å². The van der Waals surface area contributed by atoms with E-state index < -0.39 is 41.8 Å². The van der Waals surface area contributed by atoms with Crippen LogP contribution in [0.5, 0.6) is 0 Å². The Bertz CT molecular complexity index is 1380. The molecule has 0 spiro atoms. The second-order valence-electron chi connectivity index (χ2n) is 12.0. The molecule has 3 heterocycles. The third-order valence-electron chi connectivity index (χ3n) is 8.93. The highest BCUT2D eigenvalue weighted by Gasteiger charge is 2.42. The molecule has 1 aliphatic carbocycles. The van der Waals surface area contributed by atoms with E-state index >= 15 is 0 Å². The average Bonchev–Trinajstić information content (AvgIpc) is 3.66. The van der Waals surface area contributed by atoms with Crippen LogP contribution in [0, 0.1) is 5.92 Å². The summed E-state index contributed by atoms with van der Waals surface area (Å²) in [7, 11) is 3.86. The minimum Gasteiger partial charge on any atom is -0.425 e. The Morgan fingerprint density at radius 3 is 2.40 bits per heavy atom. The second kappa shape index (κ2) is 13.5. The number of carbonyl (C=O) groups is 3. The standard InChI is InChI=1S/C30H39F3N8O4/c1-39-15-12-20(13-16-39)40(2)26(42)18-8-10-19(11-9-18)36-29-35-17-22(30(31,32)33)25(38-29)37-23-6-3-5-21(23)27(43)41-14-4-7-24(41)45-28(34)44/h8-11,17,20-21,23-24H,3-7,12-16H2,1-2H3,(H2,34,44)(H2,35,36,37,38)/t21-,23+,24-/m0/s1. The molecule has 3 amide bonds. The number of halogens is 3. The number of amides is 3. The molecule has 45 heavy (non-hydrogen) atoms. The Morgan fingerprint density at radius 1 is 1.02 bits per heavy atom. The molecule has 3 fully saturated rings. The van der Waals surface area contributed by atoms with E-state index in [-0.39, 0.29) is 23.8 Å². The molecule has 4 N–H and O–H groups in total. The van der Waals surface area contributed by atoms with Gasteiger partial charge in [-0.15, -0.1) is 0 Å². The van der Waals surface area contributed by atoms with Crippen LogP contribution in [0.1, 0.15) is 60.9 Å². The summed E-state index contributed by atoms with van der Waals surface area (Å²) in [5, 5.41) is 5.80. The highest BCUT2D eigenvalue weighted by atomic mass is 19.4. The summed E-state index contributed by atoms with van der Waals surface area (Å²) >= 11 is 0. The summed E-state index contributed by atoms with van der Waals surface area (Å²) < 4.78 is 47.0. The number of primary amides is 1. The number of likely N-dealkylation sites (tertiary alicyclic amines) is 2. The minimum absolute atomic E-state index is 0.0802. The van der Waals surface area contributed by atoms with Gasteiger partial charge in [0.2, 0.25) is 11.9 Å². The largest absolute Gasteiger partial charge is 0.425 e. The van der Waals surface area contributed by atoms with E-state index in [9.17, 15) is 27.6 Å². The van der Waals surface area contributed by atoms with E-state index in [2.05, 4.69) is 32.5 Å². The van der Waals surface area contributed by atoms with E-state index in [1.807, 2.05) is 0 Å². The zero-order chi connectivity index (χ0) is 32.3. The van der Waals surface area contributed by atoms with Crippen LogP contribution < -0.4 is 16.4 Å². The quantitative estimate of drug-likeness (QED) is 0.393. The maximum atomic E-state index is 14.0. The van der Waals surface area contributed by atoms with Crippen LogP contribution in [0.25, 0.3) is 0 Å². The minimum atomic E-state index is -4.74. The number of piperidine rings is 1. The van der Waals surface area contributed by atoms with Crippen LogP contribution in [-0.4, -0.2) is 94.6 Å². The van der Waals surface area contributed by atoms with Gasteiger partial charge in [0, 0.05) is 49.5 Å². The molecule has 15 heteroatoms. The molecule has 12 nitrogen and oxygen atoms in total. The Hall–Kier alpha value is -4.14. The van der Waals surface area contributed by atoms with Crippen molar-refractivity contribution in [1.29, 1.82) is 0 Å². The molecule has 3 atom stereocenters. The second-order valence-corrected chi connectivity index (χ2v) is 12.0. The van der Waals surface area contributed by atoms with Crippen molar-refractivity contribution in [2.45, 2.75) is 69.4 Å².